The van der Waals surface area contributed by atoms with Gasteiger partial charge >= 0.3 is 0 Å². The first kappa shape index (κ1) is 10.2. The van der Waals surface area contributed by atoms with Crippen molar-refractivity contribution in [1.29, 1.82) is 0 Å². The number of hydrogen-bond donors (Lipinski definition) is 0. The summed E-state index contributed by atoms with van der Waals surface area (Å²) in [5.41, 5.74) is -0.0985. The molecule has 0 aromatic heterocycles. The Morgan fingerprint density at radius 1 is 1.07 bits per heavy atom. The zero-order valence-corrected chi connectivity index (χ0v) is 9.22. The number of ketones is 1. The number of carbonyl (C=O) groups is 1. The minimum Gasteiger partial charge on any atom is -0.298 e. The average Bonchev–Trinajstić information content (AvgIpc) is 2.24. The molecule has 1 saturated carbocycles. The molecular weight excluding hydrogens is 174 g/mol. The molecule has 0 N–H and O–H groups in total. The van der Waals surface area contributed by atoms with E-state index in [0.717, 1.165) is 32.4 Å². The maximum absolute atomic E-state index is 12.0. The van der Waals surface area contributed by atoms with Gasteiger partial charge < -0.3 is 0 Å². The molecule has 0 amide bonds. The van der Waals surface area contributed by atoms with Gasteiger partial charge in [0.1, 0.15) is 0 Å². The van der Waals surface area contributed by atoms with Crippen LogP contribution in [0.3, 0.4) is 0 Å². The number of rotatable bonds is 1. The smallest absolute Gasteiger partial charge is 0.152 e. The lowest BCUT2D eigenvalue weighted by molar-refractivity contribution is -0.133. The van der Waals surface area contributed by atoms with Crippen LogP contribution in [0, 0.1) is 0 Å². The summed E-state index contributed by atoms with van der Waals surface area (Å²) in [4.78, 5) is 14.4. The van der Waals surface area contributed by atoms with Gasteiger partial charge in [-0.1, -0.05) is 12.8 Å². The molecule has 2 nitrogen and oxygen atoms in total. The molecule has 0 radical (unpaired) electrons. The van der Waals surface area contributed by atoms with Crippen LogP contribution in [0.25, 0.3) is 0 Å². The molecule has 1 saturated heterocycles. The molecule has 0 unspecified atom stereocenters. The van der Waals surface area contributed by atoms with Gasteiger partial charge in [0.15, 0.2) is 5.78 Å². The Bertz CT molecular complexity index is 220. The molecule has 2 aliphatic rings. The fraction of sp³-hybridized carbons (Fsp3) is 0.917. The van der Waals surface area contributed by atoms with Crippen LogP contribution in [0.5, 0.6) is 0 Å². The highest BCUT2D eigenvalue weighted by Gasteiger charge is 2.40. The fourth-order valence-corrected chi connectivity index (χ4v) is 2.89. The number of piperidine rings is 1. The van der Waals surface area contributed by atoms with Crippen LogP contribution in [0.1, 0.15) is 51.9 Å². The van der Waals surface area contributed by atoms with Crippen LogP contribution in [-0.4, -0.2) is 29.3 Å². The molecule has 1 aliphatic heterocycles. The van der Waals surface area contributed by atoms with E-state index >= 15 is 0 Å². The number of hydrogen-bond acceptors (Lipinski definition) is 2. The van der Waals surface area contributed by atoms with Crippen LogP contribution in [-0.2, 0) is 4.79 Å². The molecule has 1 atom stereocenters. The van der Waals surface area contributed by atoms with Crippen molar-refractivity contribution >= 4 is 5.78 Å². The van der Waals surface area contributed by atoms with E-state index in [2.05, 4.69) is 11.8 Å². The van der Waals surface area contributed by atoms with Gasteiger partial charge in [-0.25, -0.2) is 0 Å². The first-order chi connectivity index (χ1) is 6.73. The lowest BCUT2D eigenvalue weighted by Gasteiger charge is -2.44. The lowest BCUT2D eigenvalue weighted by Crippen LogP contribution is -2.55. The summed E-state index contributed by atoms with van der Waals surface area (Å²) in [5, 5.41) is 0. The number of likely N-dealkylation sites (tertiary alicyclic amines) is 1. The summed E-state index contributed by atoms with van der Waals surface area (Å²) in [6, 6.07) is 0. The highest BCUT2D eigenvalue weighted by atomic mass is 16.1. The predicted molar refractivity (Wildman–Crippen MR) is 57.3 cm³/mol. The molecule has 80 valence electrons. The van der Waals surface area contributed by atoms with Crippen molar-refractivity contribution in [1.82, 2.24) is 4.90 Å². The second-order valence-electron chi connectivity index (χ2n) is 4.95. The summed E-state index contributed by atoms with van der Waals surface area (Å²) in [6.45, 7) is 4.45. The van der Waals surface area contributed by atoms with E-state index in [1.807, 2.05) is 0 Å². The number of Topliss-reactive ketones (excluding diaryl/α,β-unsaturated/α-hetero) is 1. The second kappa shape index (κ2) is 4.01. The molecule has 0 bridgehead atoms. The van der Waals surface area contributed by atoms with E-state index in [-0.39, 0.29) is 5.54 Å². The van der Waals surface area contributed by atoms with Gasteiger partial charge in [0, 0.05) is 6.42 Å². The molecule has 0 spiro atoms. The van der Waals surface area contributed by atoms with Gasteiger partial charge in [-0.05, 0) is 45.7 Å². The molecule has 1 aliphatic carbocycles. The third-order valence-electron chi connectivity index (χ3n) is 3.97. The van der Waals surface area contributed by atoms with E-state index in [1.54, 1.807) is 0 Å². The average molecular weight is 195 g/mol. The first-order valence-corrected chi connectivity index (χ1v) is 6.02. The predicted octanol–water partition coefficient (Wildman–Crippen LogP) is 2.37. The quantitative estimate of drug-likeness (QED) is 0.640. The van der Waals surface area contributed by atoms with Crippen molar-refractivity contribution in [3.63, 3.8) is 0 Å². The molecule has 0 aromatic rings. The third-order valence-corrected chi connectivity index (χ3v) is 3.97. The monoisotopic (exact) mass is 195 g/mol. The topological polar surface area (TPSA) is 20.3 Å². The molecule has 1 heterocycles. The highest BCUT2D eigenvalue weighted by molar-refractivity contribution is 5.88. The third kappa shape index (κ3) is 1.72. The van der Waals surface area contributed by atoms with Gasteiger partial charge in [-0.3, -0.25) is 9.69 Å². The normalized spacial score (nSPS) is 35.9. The molecule has 2 rings (SSSR count). The Kier molecular flexibility index (Phi) is 2.91. The van der Waals surface area contributed by atoms with Crippen molar-refractivity contribution in [3.8, 4) is 0 Å². The first-order valence-electron chi connectivity index (χ1n) is 6.02. The Morgan fingerprint density at radius 2 is 1.79 bits per heavy atom. The Hall–Kier alpha value is -0.370. The van der Waals surface area contributed by atoms with Crippen LogP contribution >= 0.6 is 0 Å². The van der Waals surface area contributed by atoms with Crippen molar-refractivity contribution in [2.75, 3.05) is 13.1 Å². The van der Waals surface area contributed by atoms with Crippen LogP contribution < -0.4 is 0 Å². The number of carbonyl (C=O) groups excluding carboxylic acids is 1. The summed E-state index contributed by atoms with van der Waals surface area (Å²) in [7, 11) is 0. The molecular formula is C12H21NO. The van der Waals surface area contributed by atoms with E-state index in [0.29, 0.717) is 5.78 Å². The zero-order valence-electron chi connectivity index (χ0n) is 9.22. The second-order valence-corrected chi connectivity index (χ2v) is 4.95. The van der Waals surface area contributed by atoms with Crippen molar-refractivity contribution in [2.45, 2.75) is 57.4 Å². The maximum atomic E-state index is 12.0. The van der Waals surface area contributed by atoms with Gasteiger partial charge in [-0.2, -0.15) is 0 Å². The van der Waals surface area contributed by atoms with Crippen LogP contribution in [0.4, 0.5) is 0 Å². The van der Waals surface area contributed by atoms with Gasteiger partial charge in [-0.15, -0.1) is 0 Å². The Labute approximate surface area is 86.7 Å². The van der Waals surface area contributed by atoms with Crippen LogP contribution in [0.15, 0.2) is 0 Å². The lowest BCUT2D eigenvalue weighted by atomic mass is 9.80. The highest BCUT2D eigenvalue weighted by Crippen LogP contribution is 2.32. The van der Waals surface area contributed by atoms with Crippen LogP contribution in [0.2, 0.25) is 0 Å². The van der Waals surface area contributed by atoms with Gasteiger partial charge in [0.05, 0.1) is 5.54 Å². The van der Waals surface area contributed by atoms with Gasteiger partial charge in [0.2, 0.25) is 0 Å². The summed E-state index contributed by atoms with van der Waals surface area (Å²) < 4.78 is 0. The van der Waals surface area contributed by atoms with E-state index in [9.17, 15) is 4.79 Å². The Morgan fingerprint density at radius 3 is 2.43 bits per heavy atom. The standard InChI is InChI=1S/C12H21NO/c1-12(8-4-3-7-11(12)14)13-9-5-2-6-10-13/h2-10H2,1H3/t12-/m0/s1. The Balaban J connectivity index is 2.07. The van der Waals surface area contributed by atoms with Crippen molar-refractivity contribution in [3.05, 3.63) is 0 Å². The fourth-order valence-electron chi connectivity index (χ4n) is 2.89. The maximum Gasteiger partial charge on any atom is 0.152 e. The minimum absolute atomic E-state index is 0.0985. The summed E-state index contributed by atoms with van der Waals surface area (Å²) in [5.74, 6) is 0.491. The molecule has 14 heavy (non-hydrogen) atoms. The molecule has 2 heteroatoms. The van der Waals surface area contributed by atoms with Gasteiger partial charge in [0.25, 0.3) is 0 Å². The summed E-state index contributed by atoms with van der Waals surface area (Å²) >= 11 is 0. The van der Waals surface area contributed by atoms with E-state index in [4.69, 9.17) is 0 Å². The van der Waals surface area contributed by atoms with E-state index < -0.39 is 0 Å². The summed E-state index contributed by atoms with van der Waals surface area (Å²) in [6.07, 6.45) is 8.16. The molecule has 0 aromatic carbocycles. The minimum atomic E-state index is -0.0985. The van der Waals surface area contributed by atoms with E-state index in [1.165, 1.54) is 25.7 Å². The van der Waals surface area contributed by atoms with Crippen molar-refractivity contribution < 1.29 is 4.79 Å². The van der Waals surface area contributed by atoms with Crippen molar-refractivity contribution in [2.24, 2.45) is 0 Å². The number of nitrogens with zero attached hydrogens (tertiary/aromatic N) is 1. The molecule has 2 fully saturated rings. The SMILES string of the molecule is C[C@]1(N2CCCCC2)CCCCC1=O. The zero-order chi connectivity index (χ0) is 10.0. The largest absolute Gasteiger partial charge is 0.298 e.